The Balaban J connectivity index is 2.02. The van der Waals surface area contributed by atoms with Gasteiger partial charge < -0.3 is 14.7 Å². The van der Waals surface area contributed by atoms with Crippen LogP contribution in [-0.4, -0.2) is 34.7 Å². The minimum Gasteiger partial charge on any atom is -0.484 e. The van der Waals surface area contributed by atoms with E-state index >= 15 is 0 Å². The molecular weight excluding hydrogens is 290 g/mol. The van der Waals surface area contributed by atoms with Crippen molar-refractivity contribution < 1.29 is 14.6 Å². The van der Waals surface area contributed by atoms with E-state index in [1.807, 2.05) is 60.7 Å². The molecule has 0 aliphatic rings. The number of hydrogen-bond donors (Lipinski definition) is 1. The zero-order valence-electron chi connectivity index (χ0n) is 13.6. The first-order chi connectivity index (χ1) is 10.9. The number of rotatable bonds is 7. The van der Waals surface area contributed by atoms with Gasteiger partial charge in [-0.1, -0.05) is 48.5 Å². The summed E-state index contributed by atoms with van der Waals surface area (Å²) in [6.45, 7) is 4.03. The minimum atomic E-state index is -0.961. The highest BCUT2D eigenvalue weighted by molar-refractivity contribution is 5.77. The molecule has 23 heavy (non-hydrogen) atoms. The fraction of sp³-hybridized carbons (Fsp3) is 0.316. The van der Waals surface area contributed by atoms with Crippen molar-refractivity contribution in [1.29, 1.82) is 0 Å². The van der Waals surface area contributed by atoms with Gasteiger partial charge in [0.25, 0.3) is 5.91 Å². The summed E-state index contributed by atoms with van der Waals surface area (Å²) in [6, 6.07) is 19.0. The highest BCUT2D eigenvalue weighted by Gasteiger charge is 2.23. The van der Waals surface area contributed by atoms with Crippen LogP contribution in [-0.2, 0) is 11.3 Å². The maximum absolute atomic E-state index is 12.5. The summed E-state index contributed by atoms with van der Waals surface area (Å²) in [5.41, 5.74) is 0.0572. The Bertz CT molecular complexity index is 606. The molecule has 0 spiro atoms. The van der Waals surface area contributed by atoms with Gasteiger partial charge in [-0.05, 0) is 31.5 Å². The second-order valence-corrected chi connectivity index (χ2v) is 6.15. The smallest absolute Gasteiger partial charge is 0.260 e. The summed E-state index contributed by atoms with van der Waals surface area (Å²) in [4.78, 5) is 14.1. The highest BCUT2D eigenvalue weighted by atomic mass is 16.5. The van der Waals surface area contributed by atoms with Crippen molar-refractivity contribution in [1.82, 2.24) is 4.90 Å². The number of carbonyl (C=O) groups excluding carboxylic acids is 1. The van der Waals surface area contributed by atoms with Gasteiger partial charge in [0.1, 0.15) is 5.75 Å². The van der Waals surface area contributed by atoms with E-state index in [-0.39, 0.29) is 19.1 Å². The molecule has 122 valence electrons. The van der Waals surface area contributed by atoms with Crippen molar-refractivity contribution in [3.05, 3.63) is 66.2 Å². The molecule has 4 heteroatoms. The predicted octanol–water partition coefficient (Wildman–Crippen LogP) is 2.87. The van der Waals surface area contributed by atoms with Gasteiger partial charge in [-0.25, -0.2) is 0 Å². The lowest BCUT2D eigenvalue weighted by atomic mass is 10.1. The molecule has 0 heterocycles. The number of hydrogen-bond acceptors (Lipinski definition) is 3. The van der Waals surface area contributed by atoms with Crippen LogP contribution in [0.5, 0.6) is 5.75 Å². The summed E-state index contributed by atoms with van der Waals surface area (Å²) in [5.74, 6) is 0.503. The van der Waals surface area contributed by atoms with Gasteiger partial charge in [0.2, 0.25) is 0 Å². The third kappa shape index (κ3) is 6.12. The molecule has 0 atom stereocenters. The number of para-hydroxylation sites is 1. The third-order valence-corrected chi connectivity index (χ3v) is 3.25. The van der Waals surface area contributed by atoms with Crippen LogP contribution in [0.4, 0.5) is 0 Å². The van der Waals surface area contributed by atoms with Crippen LogP contribution in [0, 0.1) is 0 Å². The second kappa shape index (κ2) is 7.79. The first-order valence-corrected chi connectivity index (χ1v) is 7.66. The normalized spacial score (nSPS) is 11.1. The molecule has 0 radical (unpaired) electrons. The van der Waals surface area contributed by atoms with E-state index in [0.717, 1.165) is 5.56 Å². The van der Waals surface area contributed by atoms with Crippen LogP contribution < -0.4 is 4.74 Å². The number of nitrogens with zero attached hydrogens (tertiary/aromatic N) is 1. The zero-order valence-corrected chi connectivity index (χ0v) is 13.6. The lowest BCUT2D eigenvalue weighted by Crippen LogP contribution is -2.43. The van der Waals surface area contributed by atoms with E-state index in [0.29, 0.717) is 12.3 Å². The van der Waals surface area contributed by atoms with Crippen molar-refractivity contribution in [2.24, 2.45) is 0 Å². The van der Waals surface area contributed by atoms with Crippen molar-refractivity contribution in [3.63, 3.8) is 0 Å². The molecule has 1 amide bonds. The van der Waals surface area contributed by atoms with Crippen molar-refractivity contribution >= 4 is 5.91 Å². The number of carbonyl (C=O) groups is 1. The van der Waals surface area contributed by atoms with Gasteiger partial charge in [0.15, 0.2) is 6.61 Å². The number of ether oxygens (including phenoxy) is 1. The average Bonchev–Trinajstić information content (AvgIpc) is 2.53. The van der Waals surface area contributed by atoms with E-state index < -0.39 is 5.60 Å². The lowest BCUT2D eigenvalue weighted by molar-refractivity contribution is -0.137. The highest BCUT2D eigenvalue weighted by Crippen LogP contribution is 2.12. The molecule has 0 fully saturated rings. The fourth-order valence-electron chi connectivity index (χ4n) is 2.26. The molecule has 0 aliphatic carbocycles. The van der Waals surface area contributed by atoms with Crippen LogP contribution in [0.2, 0.25) is 0 Å². The Morgan fingerprint density at radius 2 is 1.61 bits per heavy atom. The van der Waals surface area contributed by atoms with Crippen LogP contribution in [0.25, 0.3) is 0 Å². The number of benzene rings is 2. The van der Waals surface area contributed by atoms with Crippen molar-refractivity contribution in [2.45, 2.75) is 26.0 Å². The van der Waals surface area contributed by atoms with E-state index in [1.165, 1.54) is 0 Å². The molecule has 4 nitrogen and oxygen atoms in total. The van der Waals surface area contributed by atoms with Gasteiger partial charge >= 0.3 is 0 Å². The van der Waals surface area contributed by atoms with Gasteiger partial charge in [-0.15, -0.1) is 0 Å². The largest absolute Gasteiger partial charge is 0.484 e. The van der Waals surface area contributed by atoms with E-state index in [4.69, 9.17) is 4.74 Å². The zero-order chi connectivity index (χ0) is 16.7. The monoisotopic (exact) mass is 313 g/mol. The molecule has 1 N–H and O–H groups in total. The summed E-state index contributed by atoms with van der Waals surface area (Å²) in [5, 5.41) is 10.1. The summed E-state index contributed by atoms with van der Waals surface area (Å²) >= 11 is 0. The molecule has 0 saturated heterocycles. The Morgan fingerprint density at radius 3 is 2.17 bits per heavy atom. The van der Waals surface area contributed by atoms with Crippen LogP contribution >= 0.6 is 0 Å². The minimum absolute atomic E-state index is 0.0487. The van der Waals surface area contributed by atoms with Gasteiger partial charge in [-0.2, -0.15) is 0 Å². The standard InChI is InChI=1S/C19H23NO3/c1-19(2,22)15-20(13-16-9-5-3-6-10-16)18(21)14-23-17-11-7-4-8-12-17/h3-12,22H,13-15H2,1-2H3. The van der Waals surface area contributed by atoms with Gasteiger partial charge in [0, 0.05) is 13.1 Å². The first kappa shape index (κ1) is 17.0. The van der Waals surface area contributed by atoms with Crippen LogP contribution in [0.3, 0.4) is 0 Å². The quantitative estimate of drug-likeness (QED) is 0.855. The fourth-order valence-corrected chi connectivity index (χ4v) is 2.26. The van der Waals surface area contributed by atoms with E-state index in [9.17, 15) is 9.90 Å². The SMILES string of the molecule is CC(C)(O)CN(Cc1ccccc1)C(=O)COc1ccccc1. The number of amides is 1. The van der Waals surface area contributed by atoms with Gasteiger partial charge in [-0.3, -0.25) is 4.79 Å². The Morgan fingerprint density at radius 1 is 1.04 bits per heavy atom. The summed E-state index contributed by atoms with van der Waals surface area (Å²) < 4.78 is 5.53. The Labute approximate surface area is 137 Å². The maximum Gasteiger partial charge on any atom is 0.260 e. The molecular formula is C19H23NO3. The average molecular weight is 313 g/mol. The van der Waals surface area contributed by atoms with Crippen molar-refractivity contribution in [2.75, 3.05) is 13.2 Å². The topological polar surface area (TPSA) is 49.8 Å². The Hall–Kier alpha value is -2.33. The van der Waals surface area contributed by atoms with Crippen LogP contribution in [0.15, 0.2) is 60.7 Å². The number of aliphatic hydroxyl groups is 1. The van der Waals surface area contributed by atoms with Crippen LogP contribution in [0.1, 0.15) is 19.4 Å². The maximum atomic E-state index is 12.5. The van der Waals surface area contributed by atoms with Gasteiger partial charge in [0.05, 0.1) is 5.60 Å². The summed E-state index contributed by atoms with van der Waals surface area (Å²) in [7, 11) is 0. The van der Waals surface area contributed by atoms with E-state index in [2.05, 4.69) is 0 Å². The second-order valence-electron chi connectivity index (χ2n) is 6.15. The first-order valence-electron chi connectivity index (χ1n) is 7.66. The molecule has 0 aromatic heterocycles. The molecule has 0 saturated carbocycles. The molecule has 0 unspecified atom stereocenters. The molecule has 2 aromatic rings. The van der Waals surface area contributed by atoms with E-state index in [1.54, 1.807) is 18.7 Å². The molecule has 0 bridgehead atoms. The van der Waals surface area contributed by atoms with Crippen molar-refractivity contribution in [3.8, 4) is 5.75 Å². The molecule has 2 aromatic carbocycles. The third-order valence-electron chi connectivity index (χ3n) is 3.25. The summed E-state index contributed by atoms with van der Waals surface area (Å²) in [6.07, 6.45) is 0. The predicted molar refractivity (Wildman–Crippen MR) is 90.1 cm³/mol. The molecule has 2 rings (SSSR count). The lowest BCUT2D eigenvalue weighted by Gasteiger charge is -2.29. The molecule has 0 aliphatic heterocycles. The Kier molecular flexibility index (Phi) is 5.77.